The number of fused-ring (bicyclic) bond motifs is 3. The summed E-state index contributed by atoms with van der Waals surface area (Å²) < 4.78 is 0. The third-order valence-corrected chi connectivity index (χ3v) is 7.11. The molecule has 3 aromatic carbocycles. The van der Waals surface area contributed by atoms with E-state index in [0.29, 0.717) is 5.92 Å². The normalized spacial score (nSPS) is 16.4. The summed E-state index contributed by atoms with van der Waals surface area (Å²) in [5.74, 6) is 0.514. The zero-order valence-corrected chi connectivity index (χ0v) is 20.6. The van der Waals surface area contributed by atoms with Crippen molar-refractivity contribution in [3.63, 3.8) is 0 Å². The summed E-state index contributed by atoms with van der Waals surface area (Å²) in [6.45, 7) is 9.63. The maximum atomic E-state index is 2.49. The van der Waals surface area contributed by atoms with Crippen molar-refractivity contribution < 1.29 is 51.0 Å². The van der Waals surface area contributed by atoms with E-state index < -0.39 is 8.07 Å². The molecular weight excluding hydrogens is 454 g/mol. The van der Waals surface area contributed by atoms with E-state index in [0.717, 1.165) is 0 Å². The molecule has 1 unspecified atom stereocenters. The van der Waals surface area contributed by atoms with Gasteiger partial charge in [0.25, 0.3) is 0 Å². The summed E-state index contributed by atoms with van der Waals surface area (Å²) in [5, 5.41) is 7.09. The van der Waals surface area contributed by atoms with Gasteiger partial charge in [-0.25, -0.2) is 0 Å². The van der Waals surface area contributed by atoms with E-state index >= 15 is 0 Å². The molecule has 0 aliphatic heterocycles. The van der Waals surface area contributed by atoms with Crippen LogP contribution in [0.1, 0.15) is 12.5 Å². The molecule has 0 N–H and O–H groups in total. The summed E-state index contributed by atoms with van der Waals surface area (Å²) in [4.78, 5) is 0. The molecule has 0 heterocycles. The molecule has 0 amide bonds. The Morgan fingerprint density at radius 2 is 1.54 bits per heavy atom. The molecule has 4 rings (SSSR count). The van der Waals surface area contributed by atoms with Crippen LogP contribution >= 0.6 is 0 Å². The van der Waals surface area contributed by atoms with E-state index in [4.69, 9.17) is 0 Å². The molecule has 0 bridgehead atoms. The van der Waals surface area contributed by atoms with Crippen molar-refractivity contribution in [1.82, 2.24) is 0 Å². The maximum Gasteiger partial charge on any atom is 3.00 e. The van der Waals surface area contributed by atoms with Crippen molar-refractivity contribution in [1.29, 1.82) is 0 Å². The Bertz CT molecular complexity index is 977. The molecule has 1 aliphatic rings. The van der Waals surface area contributed by atoms with Crippen molar-refractivity contribution in [2.24, 2.45) is 5.92 Å². The van der Waals surface area contributed by atoms with Gasteiger partial charge in [-0.1, -0.05) is 91.4 Å². The molecule has 0 saturated heterocycles. The van der Waals surface area contributed by atoms with Gasteiger partial charge in [0.05, 0.1) is 8.07 Å². The first-order valence-electron chi connectivity index (χ1n) is 8.46. The van der Waals surface area contributed by atoms with Crippen LogP contribution in [0.25, 0.3) is 27.1 Å². The molecule has 1 atom stereocenters. The number of hydrogen-bond acceptors (Lipinski definition) is 0. The topological polar surface area (TPSA) is 0 Å². The van der Waals surface area contributed by atoms with E-state index in [1.165, 1.54) is 32.7 Å². The van der Waals surface area contributed by atoms with Crippen LogP contribution in [-0.2, 0) is 26.2 Å². The van der Waals surface area contributed by atoms with Gasteiger partial charge in [-0.2, -0.15) is 0 Å². The van der Waals surface area contributed by atoms with Crippen molar-refractivity contribution >= 4 is 35.2 Å². The molecular formula is C22H23Cl2SiZr. The Kier molecular flexibility index (Phi) is 7.82. The molecule has 0 saturated carbocycles. The number of benzene rings is 2. The standard InChI is InChI=1S/C22H23Si.2ClH.Zr/c1-15-12-17(23(2,3)4)14-21(15)20-11-7-10-19-18-9-6-5-8-16(18)13-22(19)20;;;/h5-15H,1-4H3;2*1H;/q-1;;;+3/p-2. The predicted molar refractivity (Wildman–Crippen MR) is 106 cm³/mol. The van der Waals surface area contributed by atoms with Crippen LogP contribution in [0.15, 0.2) is 65.9 Å². The second-order valence-electron chi connectivity index (χ2n) is 7.76. The smallest absolute Gasteiger partial charge is 1.00 e. The quantitative estimate of drug-likeness (QED) is 0.374. The Labute approximate surface area is 189 Å². The molecule has 0 spiro atoms. The fourth-order valence-electron chi connectivity index (χ4n) is 3.73. The minimum atomic E-state index is -1.26. The van der Waals surface area contributed by atoms with Crippen molar-refractivity contribution in [2.75, 3.05) is 0 Å². The summed E-state index contributed by atoms with van der Waals surface area (Å²) in [5.41, 5.74) is 2.90. The second-order valence-corrected chi connectivity index (χ2v) is 12.8. The van der Waals surface area contributed by atoms with Crippen LogP contribution < -0.4 is 24.8 Å². The Hall–Kier alpha value is -0.530. The van der Waals surface area contributed by atoms with Gasteiger partial charge < -0.3 is 24.8 Å². The first-order chi connectivity index (χ1) is 10.9. The first kappa shape index (κ1) is 23.5. The van der Waals surface area contributed by atoms with Crippen LogP contribution in [0.5, 0.6) is 0 Å². The molecule has 133 valence electrons. The van der Waals surface area contributed by atoms with Gasteiger partial charge in [-0.05, 0) is 5.92 Å². The van der Waals surface area contributed by atoms with Crippen molar-refractivity contribution in [2.45, 2.75) is 26.6 Å². The van der Waals surface area contributed by atoms with E-state index in [1.807, 2.05) is 0 Å². The third kappa shape index (κ3) is 3.99. The van der Waals surface area contributed by atoms with Gasteiger partial charge in [-0.3, -0.25) is 0 Å². The third-order valence-electron chi connectivity index (χ3n) is 5.07. The molecule has 0 fully saturated rings. The molecule has 0 nitrogen and oxygen atoms in total. The molecule has 1 radical (unpaired) electrons. The van der Waals surface area contributed by atoms with E-state index in [2.05, 4.69) is 87.2 Å². The minimum Gasteiger partial charge on any atom is -1.00 e. The van der Waals surface area contributed by atoms with Gasteiger partial charge in [0.2, 0.25) is 0 Å². The van der Waals surface area contributed by atoms with Gasteiger partial charge >= 0.3 is 26.2 Å². The predicted octanol–water partition coefficient (Wildman–Crippen LogP) is 0.554. The van der Waals surface area contributed by atoms with Crippen LogP contribution in [-0.4, -0.2) is 8.07 Å². The Morgan fingerprint density at radius 1 is 0.885 bits per heavy atom. The molecule has 3 aromatic rings. The Morgan fingerprint density at radius 3 is 2.19 bits per heavy atom. The summed E-state index contributed by atoms with van der Waals surface area (Å²) >= 11 is 0. The largest absolute Gasteiger partial charge is 3.00 e. The molecule has 1 aliphatic carbocycles. The summed E-state index contributed by atoms with van der Waals surface area (Å²) in [7, 11) is -1.26. The van der Waals surface area contributed by atoms with Gasteiger partial charge in [0, 0.05) is 0 Å². The maximum absolute atomic E-state index is 2.49. The average Bonchev–Trinajstić information content (AvgIpc) is 3.07. The van der Waals surface area contributed by atoms with Gasteiger partial charge in [-0.15, -0.1) is 33.7 Å². The number of allylic oxidation sites excluding steroid dienone is 4. The second kappa shape index (κ2) is 8.65. The van der Waals surface area contributed by atoms with E-state index in [9.17, 15) is 0 Å². The van der Waals surface area contributed by atoms with Crippen molar-refractivity contribution in [3.05, 3.63) is 71.4 Å². The van der Waals surface area contributed by atoms with E-state index in [-0.39, 0.29) is 51.0 Å². The summed E-state index contributed by atoms with van der Waals surface area (Å²) in [6, 6.07) is 17.8. The SMILES string of the molecule is CC1C=C([Si](C)(C)C)C=C1c1cccc2c1[cH-]c1ccccc12.[Cl-].[Cl-].[Zr+3]. The van der Waals surface area contributed by atoms with Gasteiger partial charge in [0.1, 0.15) is 0 Å². The minimum absolute atomic E-state index is 0. The van der Waals surface area contributed by atoms with Crippen LogP contribution in [0.4, 0.5) is 0 Å². The average molecular weight is 478 g/mol. The zero-order chi connectivity index (χ0) is 16.2. The van der Waals surface area contributed by atoms with Gasteiger partial charge in [0.15, 0.2) is 0 Å². The Balaban J connectivity index is 0.00000113. The van der Waals surface area contributed by atoms with Crippen molar-refractivity contribution in [3.8, 4) is 0 Å². The monoisotopic (exact) mass is 475 g/mol. The van der Waals surface area contributed by atoms with E-state index in [1.54, 1.807) is 5.20 Å². The molecule has 4 heteroatoms. The first-order valence-corrected chi connectivity index (χ1v) is 12.0. The van der Waals surface area contributed by atoms with Crippen LogP contribution in [0.2, 0.25) is 19.6 Å². The fourth-order valence-corrected chi connectivity index (χ4v) is 5.07. The summed E-state index contributed by atoms with van der Waals surface area (Å²) in [6.07, 6.45) is 4.96. The number of halogens is 2. The number of hydrogen-bond donors (Lipinski definition) is 0. The fraction of sp³-hybridized carbons (Fsp3) is 0.227. The van der Waals surface area contributed by atoms with Crippen LogP contribution in [0, 0.1) is 5.92 Å². The zero-order valence-electron chi connectivity index (χ0n) is 15.6. The molecule has 26 heavy (non-hydrogen) atoms. The molecule has 0 aromatic heterocycles. The number of rotatable bonds is 2. The van der Waals surface area contributed by atoms with Crippen LogP contribution in [0.3, 0.4) is 0 Å².